The lowest BCUT2D eigenvalue weighted by Crippen LogP contribution is -2.37. The minimum atomic E-state index is -0.275. The van der Waals surface area contributed by atoms with Gasteiger partial charge in [-0.25, -0.2) is 9.78 Å². The summed E-state index contributed by atoms with van der Waals surface area (Å²) in [7, 11) is 0. The van der Waals surface area contributed by atoms with Crippen LogP contribution in [0.1, 0.15) is 22.2 Å². The van der Waals surface area contributed by atoms with Crippen LogP contribution in [0.15, 0.2) is 66.3 Å². The van der Waals surface area contributed by atoms with Gasteiger partial charge in [0.1, 0.15) is 5.65 Å². The Morgan fingerprint density at radius 2 is 1.86 bits per heavy atom. The molecule has 142 valence electrons. The zero-order chi connectivity index (χ0) is 19.5. The minimum Gasteiger partial charge on any atom is -0.332 e. The van der Waals surface area contributed by atoms with Crippen molar-refractivity contribution >= 4 is 46.2 Å². The van der Waals surface area contributed by atoms with E-state index in [1.54, 1.807) is 23.6 Å². The molecule has 0 saturated carbocycles. The van der Waals surface area contributed by atoms with Gasteiger partial charge in [-0.15, -0.1) is 11.3 Å². The Hall–Kier alpha value is -2.54. The van der Waals surface area contributed by atoms with E-state index in [0.717, 1.165) is 21.8 Å². The molecule has 0 spiro atoms. The fourth-order valence-electron chi connectivity index (χ4n) is 2.88. The van der Waals surface area contributed by atoms with Crippen LogP contribution < -0.4 is 10.6 Å². The van der Waals surface area contributed by atoms with Gasteiger partial charge in [0.2, 0.25) is 0 Å². The topological polar surface area (TPSA) is 58.4 Å². The van der Waals surface area contributed by atoms with Crippen LogP contribution in [-0.4, -0.2) is 15.4 Å². The maximum absolute atomic E-state index is 12.5. The van der Waals surface area contributed by atoms with E-state index < -0.39 is 0 Å². The second kappa shape index (κ2) is 8.22. The number of hydrogen-bond acceptors (Lipinski definition) is 3. The Bertz CT molecular complexity index is 1090. The molecular weight excluding hydrogens is 415 g/mol. The molecule has 0 saturated heterocycles. The van der Waals surface area contributed by atoms with Crippen LogP contribution in [0.25, 0.3) is 5.65 Å². The molecule has 2 N–H and O–H groups in total. The van der Waals surface area contributed by atoms with Gasteiger partial charge in [-0.2, -0.15) is 0 Å². The highest BCUT2D eigenvalue weighted by Gasteiger charge is 2.18. The lowest BCUT2D eigenvalue weighted by Gasteiger charge is -2.18. The molecule has 0 aliphatic carbocycles. The summed E-state index contributed by atoms with van der Waals surface area (Å²) >= 11 is 13.6. The lowest BCUT2D eigenvalue weighted by atomic mass is 10.1. The first-order chi connectivity index (χ1) is 13.6. The molecule has 4 aromatic rings. The molecule has 0 aliphatic rings. The van der Waals surface area contributed by atoms with Gasteiger partial charge in [0.15, 0.2) is 0 Å². The van der Waals surface area contributed by atoms with Crippen LogP contribution in [0.5, 0.6) is 0 Å². The number of carbonyl (C=O) groups excluding carboxylic acids is 1. The predicted molar refractivity (Wildman–Crippen MR) is 113 cm³/mol. The number of pyridine rings is 1. The van der Waals surface area contributed by atoms with Crippen LogP contribution in [0.2, 0.25) is 10.0 Å². The van der Waals surface area contributed by atoms with Crippen molar-refractivity contribution in [2.75, 3.05) is 0 Å². The summed E-state index contributed by atoms with van der Waals surface area (Å²) in [5.41, 5.74) is 2.49. The van der Waals surface area contributed by atoms with Crippen LogP contribution in [0, 0.1) is 0 Å². The number of amides is 2. The first-order valence-electron chi connectivity index (χ1n) is 8.55. The van der Waals surface area contributed by atoms with Crippen LogP contribution in [0.3, 0.4) is 0 Å². The van der Waals surface area contributed by atoms with E-state index >= 15 is 0 Å². The lowest BCUT2D eigenvalue weighted by molar-refractivity contribution is 0.238. The Labute approximate surface area is 175 Å². The van der Waals surface area contributed by atoms with E-state index in [9.17, 15) is 4.79 Å². The van der Waals surface area contributed by atoms with E-state index in [1.807, 2.05) is 58.4 Å². The molecule has 0 bridgehead atoms. The first kappa shape index (κ1) is 18.8. The molecule has 0 fully saturated rings. The van der Waals surface area contributed by atoms with Gasteiger partial charge in [0.25, 0.3) is 0 Å². The third kappa shape index (κ3) is 4.30. The summed E-state index contributed by atoms with van der Waals surface area (Å²) < 4.78 is 1.83. The fourth-order valence-corrected chi connectivity index (χ4v) is 3.98. The highest BCUT2D eigenvalue weighted by Crippen LogP contribution is 2.27. The Morgan fingerprint density at radius 1 is 1.07 bits per heavy atom. The molecule has 2 amide bonds. The maximum Gasteiger partial charge on any atom is 0.315 e. The average molecular weight is 431 g/mol. The molecule has 0 radical (unpaired) electrons. The van der Waals surface area contributed by atoms with Crippen LogP contribution >= 0.6 is 34.5 Å². The zero-order valence-corrected chi connectivity index (χ0v) is 16.9. The average Bonchev–Trinajstić information content (AvgIpc) is 3.34. The standard InChI is InChI=1S/C20H16Cl2N4OS/c21-14-5-3-13(4-6-14)19(17-2-1-9-28-17)25-20(27)23-10-16-12-26-11-15(22)7-8-18(26)24-16/h1-9,11-12,19H,10H2,(H2,23,25,27). The third-order valence-corrected chi connectivity index (χ3v) is 5.61. The molecule has 8 heteroatoms. The van der Waals surface area contributed by atoms with Crippen molar-refractivity contribution in [2.45, 2.75) is 12.6 Å². The third-order valence-electron chi connectivity index (χ3n) is 4.20. The van der Waals surface area contributed by atoms with Crippen molar-refractivity contribution in [2.24, 2.45) is 0 Å². The Morgan fingerprint density at radius 3 is 2.61 bits per heavy atom. The van der Waals surface area contributed by atoms with E-state index in [0.29, 0.717) is 16.6 Å². The number of benzene rings is 1. The number of fused-ring (bicyclic) bond motifs is 1. The highest BCUT2D eigenvalue weighted by molar-refractivity contribution is 7.10. The van der Waals surface area contributed by atoms with Gasteiger partial charge < -0.3 is 15.0 Å². The van der Waals surface area contributed by atoms with E-state index in [4.69, 9.17) is 23.2 Å². The van der Waals surface area contributed by atoms with E-state index in [2.05, 4.69) is 15.6 Å². The van der Waals surface area contributed by atoms with Gasteiger partial charge in [-0.3, -0.25) is 0 Å². The van der Waals surface area contributed by atoms with Gasteiger partial charge >= 0.3 is 6.03 Å². The Balaban J connectivity index is 1.46. The molecule has 1 aromatic carbocycles. The van der Waals surface area contributed by atoms with Gasteiger partial charge in [-0.05, 0) is 41.3 Å². The summed E-state index contributed by atoms with van der Waals surface area (Å²) in [6.07, 6.45) is 3.62. The number of aromatic nitrogens is 2. The number of hydrogen-bond donors (Lipinski definition) is 2. The number of nitrogens with zero attached hydrogens (tertiary/aromatic N) is 2. The number of thiophene rings is 1. The summed E-state index contributed by atoms with van der Waals surface area (Å²) in [5.74, 6) is 0. The van der Waals surface area contributed by atoms with Crippen molar-refractivity contribution in [3.05, 3.63) is 92.5 Å². The monoisotopic (exact) mass is 430 g/mol. The van der Waals surface area contributed by atoms with Crippen molar-refractivity contribution in [1.29, 1.82) is 0 Å². The zero-order valence-electron chi connectivity index (χ0n) is 14.6. The number of urea groups is 1. The fraction of sp³-hybridized carbons (Fsp3) is 0.100. The molecule has 3 heterocycles. The first-order valence-corrected chi connectivity index (χ1v) is 10.2. The number of halogens is 2. The van der Waals surface area contributed by atoms with Crippen molar-refractivity contribution < 1.29 is 4.79 Å². The Kier molecular flexibility index (Phi) is 5.52. The molecule has 1 unspecified atom stereocenters. The number of nitrogens with one attached hydrogen (secondary N) is 2. The van der Waals surface area contributed by atoms with Crippen molar-refractivity contribution in [3.8, 4) is 0 Å². The molecule has 5 nitrogen and oxygen atoms in total. The van der Waals surface area contributed by atoms with Crippen LogP contribution in [-0.2, 0) is 6.54 Å². The molecule has 1 atom stereocenters. The quantitative estimate of drug-likeness (QED) is 0.451. The van der Waals surface area contributed by atoms with Gasteiger partial charge in [0, 0.05) is 22.3 Å². The normalized spacial score (nSPS) is 12.1. The molecule has 28 heavy (non-hydrogen) atoms. The number of imidazole rings is 1. The second-order valence-electron chi connectivity index (χ2n) is 6.17. The highest BCUT2D eigenvalue weighted by atomic mass is 35.5. The van der Waals surface area contributed by atoms with Crippen LogP contribution in [0.4, 0.5) is 4.79 Å². The SMILES string of the molecule is O=C(NCc1cn2cc(Cl)ccc2n1)NC(c1ccc(Cl)cc1)c1cccs1. The second-order valence-corrected chi connectivity index (χ2v) is 8.02. The summed E-state index contributed by atoms with van der Waals surface area (Å²) in [5, 5.41) is 9.17. The summed E-state index contributed by atoms with van der Waals surface area (Å²) in [4.78, 5) is 18.0. The van der Waals surface area contributed by atoms with E-state index in [-0.39, 0.29) is 12.1 Å². The van der Waals surface area contributed by atoms with Gasteiger partial charge in [-0.1, -0.05) is 41.4 Å². The minimum absolute atomic E-state index is 0.253. The molecule has 0 aliphatic heterocycles. The summed E-state index contributed by atoms with van der Waals surface area (Å²) in [6.45, 7) is 0.308. The van der Waals surface area contributed by atoms with Crippen molar-refractivity contribution in [3.63, 3.8) is 0 Å². The molecule has 4 rings (SSSR count). The van der Waals surface area contributed by atoms with E-state index in [1.165, 1.54) is 0 Å². The largest absolute Gasteiger partial charge is 0.332 e. The number of carbonyl (C=O) groups is 1. The van der Waals surface area contributed by atoms with Gasteiger partial charge in [0.05, 0.1) is 23.3 Å². The predicted octanol–water partition coefficient (Wildman–Crippen LogP) is 5.29. The molecule has 3 aromatic heterocycles. The maximum atomic E-state index is 12.5. The van der Waals surface area contributed by atoms with Crippen molar-refractivity contribution in [1.82, 2.24) is 20.0 Å². The number of rotatable bonds is 5. The summed E-state index contributed by atoms with van der Waals surface area (Å²) in [6, 6.07) is 14.5. The molecular formula is C20H16Cl2N4OS. The smallest absolute Gasteiger partial charge is 0.315 e.